The van der Waals surface area contributed by atoms with Gasteiger partial charge in [-0.05, 0) is 40.2 Å². The molecule has 0 aliphatic rings. The Morgan fingerprint density at radius 1 is 1.33 bits per heavy atom. The van der Waals surface area contributed by atoms with Crippen LogP contribution in [0.2, 0.25) is 0 Å². The molecule has 1 N–H and O–H groups in total. The fraction of sp³-hybridized carbons (Fsp3) is 0.800. The molecule has 120 valence electrons. The molecule has 0 spiro atoms. The molecule has 1 heterocycles. The van der Waals surface area contributed by atoms with E-state index in [-0.39, 0.29) is 22.7 Å². The van der Waals surface area contributed by atoms with E-state index in [1.807, 2.05) is 18.5 Å². The Bertz CT molecular complexity index is 468. The smallest absolute Gasteiger partial charge is 0.313 e. The van der Waals surface area contributed by atoms with Crippen molar-refractivity contribution in [3.63, 3.8) is 0 Å². The maximum atomic E-state index is 11.4. The first-order chi connectivity index (χ1) is 9.92. The van der Waals surface area contributed by atoms with Gasteiger partial charge in [-0.2, -0.15) is 5.10 Å². The Labute approximate surface area is 127 Å². The highest BCUT2D eigenvalue weighted by atomic mass is 16.6. The quantitative estimate of drug-likeness (QED) is 0.560. The molecule has 0 aromatic carbocycles. The molecule has 0 aliphatic carbocycles. The van der Waals surface area contributed by atoms with E-state index in [9.17, 15) is 10.1 Å². The number of aryl methyl sites for hydroxylation is 1. The van der Waals surface area contributed by atoms with E-state index in [1.165, 1.54) is 0 Å². The number of rotatable bonds is 9. The predicted octanol–water partition coefficient (Wildman–Crippen LogP) is 3.39. The van der Waals surface area contributed by atoms with Gasteiger partial charge in [0.15, 0.2) is 0 Å². The van der Waals surface area contributed by atoms with Crippen molar-refractivity contribution in [3.05, 3.63) is 21.5 Å². The molecule has 6 heteroatoms. The van der Waals surface area contributed by atoms with Crippen molar-refractivity contribution in [3.8, 4) is 0 Å². The topological polar surface area (TPSA) is 73.0 Å². The van der Waals surface area contributed by atoms with Crippen molar-refractivity contribution in [2.75, 3.05) is 6.54 Å². The highest BCUT2D eigenvalue weighted by Gasteiger charge is 2.27. The van der Waals surface area contributed by atoms with E-state index in [0.29, 0.717) is 12.1 Å². The Kier molecular flexibility index (Phi) is 6.81. The second-order valence-electron chi connectivity index (χ2n) is 5.82. The number of aromatic nitrogens is 2. The van der Waals surface area contributed by atoms with E-state index in [4.69, 9.17) is 0 Å². The van der Waals surface area contributed by atoms with Gasteiger partial charge in [0.2, 0.25) is 0 Å². The first-order valence-electron chi connectivity index (χ1n) is 7.88. The number of nitrogens with one attached hydrogen (secondary N) is 1. The molecule has 0 saturated carbocycles. The summed E-state index contributed by atoms with van der Waals surface area (Å²) in [6.45, 7) is 10.9. The number of hydrogen-bond acceptors (Lipinski definition) is 4. The zero-order valence-corrected chi connectivity index (χ0v) is 13.8. The molecule has 1 unspecified atom stereocenters. The predicted molar refractivity (Wildman–Crippen MR) is 84.7 cm³/mol. The van der Waals surface area contributed by atoms with Crippen LogP contribution in [0.3, 0.4) is 0 Å². The summed E-state index contributed by atoms with van der Waals surface area (Å²) >= 11 is 0. The summed E-state index contributed by atoms with van der Waals surface area (Å²) in [7, 11) is 0. The van der Waals surface area contributed by atoms with Gasteiger partial charge in [0, 0.05) is 18.5 Å². The monoisotopic (exact) mass is 296 g/mol. The van der Waals surface area contributed by atoms with Gasteiger partial charge in [-0.25, -0.2) is 0 Å². The van der Waals surface area contributed by atoms with Crippen molar-refractivity contribution in [1.29, 1.82) is 0 Å². The lowest BCUT2D eigenvalue weighted by atomic mass is 10.0. The minimum Gasteiger partial charge on any atom is -0.314 e. The van der Waals surface area contributed by atoms with Gasteiger partial charge >= 0.3 is 5.69 Å². The first kappa shape index (κ1) is 17.6. The van der Waals surface area contributed by atoms with Crippen LogP contribution in [-0.2, 0) is 6.42 Å². The zero-order chi connectivity index (χ0) is 16.0. The molecule has 21 heavy (non-hydrogen) atoms. The van der Waals surface area contributed by atoms with Gasteiger partial charge in [-0.3, -0.25) is 14.8 Å². The molecule has 0 bridgehead atoms. The van der Waals surface area contributed by atoms with Crippen LogP contribution in [0.25, 0.3) is 0 Å². The molecule has 1 aromatic rings. The SMILES string of the molecule is CCCNC(CCC)Cc1c([N+](=O)[O-])c(C)nn1C(C)C. The Hall–Kier alpha value is -1.43. The van der Waals surface area contributed by atoms with Gasteiger partial charge in [-0.15, -0.1) is 0 Å². The van der Waals surface area contributed by atoms with Gasteiger partial charge < -0.3 is 5.32 Å². The van der Waals surface area contributed by atoms with Crippen LogP contribution in [0.4, 0.5) is 5.69 Å². The zero-order valence-electron chi connectivity index (χ0n) is 13.8. The molecule has 1 aromatic heterocycles. The fourth-order valence-electron chi connectivity index (χ4n) is 2.65. The normalized spacial score (nSPS) is 12.9. The largest absolute Gasteiger partial charge is 0.314 e. The van der Waals surface area contributed by atoms with Crippen LogP contribution in [0.1, 0.15) is 64.4 Å². The van der Waals surface area contributed by atoms with Crippen molar-refractivity contribution in [1.82, 2.24) is 15.1 Å². The van der Waals surface area contributed by atoms with Crippen molar-refractivity contribution >= 4 is 5.69 Å². The van der Waals surface area contributed by atoms with E-state index >= 15 is 0 Å². The number of hydrogen-bond donors (Lipinski definition) is 1. The minimum absolute atomic E-state index is 0.126. The molecule has 0 aliphatic heterocycles. The van der Waals surface area contributed by atoms with Gasteiger partial charge in [0.25, 0.3) is 0 Å². The second kappa shape index (κ2) is 8.12. The summed E-state index contributed by atoms with van der Waals surface area (Å²) in [5.74, 6) is 0. The summed E-state index contributed by atoms with van der Waals surface area (Å²) in [5, 5.41) is 19.2. The highest BCUT2D eigenvalue weighted by molar-refractivity contribution is 5.41. The lowest BCUT2D eigenvalue weighted by Gasteiger charge is -2.19. The van der Waals surface area contributed by atoms with Gasteiger partial charge in [0.05, 0.1) is 4.92 Å². The Morgan fingerprint density at radius 3 is 2.48 bits per heavy atom. The highest BCUT2D eigenvalue weighted by Crippen LogP contribution is 2.27. The molecule has 6 nitrogen and oxygen atoms in total. The molecule has 0 amide bonds. The number of nitro groups is 1. The lowest BCUT2D eigenvalue weighted by molar-refractivity contribution is -0.386. The van der Waals surface area contributed by atoms with E-state index in [2.05, 4.69) is 24.3 Å². The van der Waals surface area contributed by atoms with Crippen molar-refractivity contribution in [2.24, 2.45) is 0 Å². The fourth-order valence-corrected chi connectivity index (χ4v) is 2.65. The summed E-state index contributed by atoms with van der Waals surface area (Å²) in [5.41, 5.74) is 1.44. The summed E-state index contributed by atoms with van der Waals surface area (Å²) in [6.07, 6.45) is 3.79. The molecule has 1 atom stereocenters. The standard InChI is InChI=1S/C15H28N4O2/c1-6-8-13(16-9-7-2)10-14-15(19(20)21)12(5)17-18(14)11(3)4/h11,13,16H,6-10H2,1-5H3. The van der Waals surface area contributed by atoms with Crippen molar-refractivity contribution in [2.45, 2.75) is 72.4 Å². The van der Waals surface area contributed by atoms with E-state index in [1.54, 1.807) is 6.92 Å². The average Bonchev–Trinajstić information content (AvgIpc) is 2.73. The summed E-state index contributed by atoms with van der Waals surface area (Å²) in [6, 6.07) is 0.392. The van der Waals surface area contributed by atoms with Crippen molar-refractivity contribution < 1.29 is 4.92 Å². The first-order valence-corrected chi connectivity index (χ1v) is 7.88. The van der Waals surface area contributed by atoms with E-state index < -0.39 is 0 Å². The van der Waals surface area contributed by atoms with Crippen LogP contribution in [0.5, 0.6) is 0 Å². The van der Waals surface area contributed by atoms with Crippen LogP contribution in [0, 0.1) is 17.0 Å². The summed E-state index contributed by atoms with van der Waals surface area (Å²) < 4.78 is 1.81. The summed E-state index contributed by atoms with van der Waals surface area (Å²) in [4.78, 5) is 11.1. The molecular weight excluding hydrogens is 268 g/mol. The molecule has 0 radical (unpaired) electrons. The molecule has 0 fully saturated rings. The molecule has 0 saturated heterocycles. The van der Waals surface area contributed by atoms with Gasteiger partial charge in [-0.1, -0.05) is 20.3 Å². The number of nitrogens with zero attached hydrogens (tertiary/aromatic N) is 3. The maximum absolute atomic E-state index is 11.4. The molecule has 1 rings (SSSR count). The van der Waals surface area contributed by atoms with Crippen LogP contribution < -0.4 is 5.32 Å². The van der Waals surface area contributed by atoms with Crippen LogP contribution in [0.15, 0.2) is 0 Å². The van der Waals surface area contributed by atoms with E-state index in [0.717, 1.165) is 31.5 Å². The third-order valence-electron chi connectivity index (χ3n) is 3.58. The lowest BCUT2D eigenvalue weighted by Crippen LogP contribution is -2.32. The van der Waals surface area contributed by atoms with Gasteiger partial charge in [0.1, 0.15) is 11.4 Å². The average molecular weight is 296 g/mol. The third-order valence-corrected chi connectivity index (χ3v) is 3.58. The molecular formula is C15H28N4O2. The minimum atomic E-state index is -0.292. The van der Waals surface area contributed by atoms with Crippen LogP contribution in [-0.4, -0.2) is 27.3 Å². The van der Waals surface area contributed by atoms with Crippen LogP contribution >= 0.6 is 0 Å². The maximum Gasteiger partial charge on any atom is 0.313 e. The Balaban J connectivity index is 3.10. The Morgan fingerprint density at radius 2 is 2.00 bits per heavy atom. The third kappa shape index (κ3) is 4.52. The second-order valence-corrected chi connectivity index (χ2v) is 5.82.